The quantitative estimate of drug-likeness (QED) is 0.480. The van der Waals surface area contributed by atoms with E-state index in [0.29, 0.717) is 6.47 Å². The maximum absolute atomic E-state index is 10.4. The van der Waals surface area contributed by atoms with Gasteiger partial charge in [-0.05, 0) is 27.2 Å². The predicted octanol–water partition coefficient (Wildman–Crippen LogP) is 2.59. The fraction of sp³-hybridized carbons (Fsp3) is 0.727. The number of alkyl halides is 1. The van der Waals surface area contributed by atoms with E-state index >= 15 is 0 Å². The van der Waals surface area contributed by atoms with Crippen LogP contribution >= 0.6 is 32.9 Å². The molecule has 0 aromatic carbocycles. The first-order valence-electron chi connectivity index (χ1n) is 5.11. The van der Waals surface area contributed by atoms with Gasteiger partial charge >= 0.3 is 0 Å². The molecule has 3 nitrogen and oxygen atoms in total. The van der Waals surface area contributed by atoms with Gasteiger partial charge in [0.2, 0.25) is 0 Å². The average molecular weight is 357 g/mol. The van der Waals surface area contributed by atoms with E-state index in [2.05, 4.69) is 54.2 Å². The highest BCUT2D eigenvalue weighted by molar-refractivity contribution is 9.09. The minimum Gasteiger partial charge on any atom is -0.461 e. The van der Waals surface area contributed by atoms with Gasteiger partial charge in [0.25, 0.3) is 6.47 Å². The summed E-state index contributed by atoms with van der Waals surface area (Å²) in [5, 5.41) is 3.42. The summed E-state index contributed by atoms with van der Waals surface area (Å²) < 4.78 is 5.11. The molecule has 1 aliphatic carbocycles. The van der Waals surface area contributed by atoms with E-state index < -0.39 is 0 Å². The monoisotopic (exact) mass is 355 g/mol. The van der Waals surface area contributed by atoms with Crippen LogP contribution in [0.5, 0.6) is 0 Å². The van der Waals surface area contributed by atoms with Gasteiger partial charge in [0.1, 0.15) is 6.10 Å². The molecule has 0 unspecified atom stereocenters. The number of ether oxygens (including phenoxy) is 1. The SMILES string of the molecule is Br.CC(C)(C)N[C@H]1C=CC[C@H](Br)[C@H]1OC=O. The summed E-state index contributed by atoms with van der Waals surface area (Å²) in [6, 6.07) is 0.0772. The molecule has 0 heterocycles. The van der Waals surface area contributed by atoms with Crippen molar-refractivity contribution in [1.82, 2.24) is 5.32 Å². The molecule has 1 aliphatic rings. The molecular weight excluding hydrogens is 338 g/mol. The molecule has 0 spiro atoms. The molecule has 0 radical (unpaired) electrons. The Morgan fingerprint density at radius 3 is 2.62 bits per heavy atom. The molecule has 16 heavy (non-hydrogen) atoms. The second-order valence-electron chi connectivity index (χ2n) is 4.80. The zero-order valence-corrected chi connectivity index (χ0v) is 13.1. The lowest BCUT2D eigenvalue weighted by Gasteiger charge is -2.35. The largest absolute Gasteiger partial charge is 0.461 e. The number of nitrogens with one attached hydrogen (secondary N) is 1. The highest BCUT2D eigenvalue weighted by atomic mass is 79.9. The average Bonchev–Trinajstić information content (AvgIpc) is 2.08. The third kappa shape index (κ3) is 4.97. The van der Waals surface area contributed by atoms with Crippen LogP contribution < -0.4 is 5.32 Å². The van der Waals surface area contributed by atoms with Gasteiger partial charge < -0.3 is 10.1 Å². The first-order valence-corrected chi connectivity index (χ1v) is 6.03. The van der Waals surface area contributed by atoms with Crippen LogP contribution in [0.4, 0.5) is 0 Å². The molecule has 1 N–H and O–H groups in total. The summed E-state index contributed by atoms with van der Waals surface area (Å²) in [6.07, 6.45) is 4.93. The lowest BCUT2D eigenvalue weighted by Crippen LogP contribution is -2.53. The Kier molecular flexibility index (Phi) is 6.82. The summed E-state index contributed by atoms with van der Waals surface area (Å²) >= 11 is 3.53. The van der Waals surface area contributed by atoms with Crippen LogP contribution in [0.1, 0.15) is 27.2 Å². The molecule has 0 saturated heterocycles. The highest BCUT2D eigenvalue weighted by Gasteiger charge is 2.32. The number of carbonyl (C=O) groups is 1. The summed E-state index contributed by atoms with van der Waals surface area (Å²) in [5.74, 6) is 0. The van der Waals surface area contributed by atoms with Crippen molar-refractivity contribution in [3.63, 3.8) is 0 Å². The molecule has 94 valence electrons. The van der Waals surface area contributed by atoms with E-state index in [-0.39, 0.29) is 39.5 Å². The van der Waals surface area contributed by atoms with Gasteiger partial charge in [-0.1, -0.05) is 28.1 Å². The van der Waals surface area contributed by atoms with Gasteiger partial charge in [0, 0.05) is 5.54 Å². The van der Waals surface area contributed by atoms with Crippen molar-refractivity contribution < 1.29 is 9.53 Å². The third-order valence-electron chi connectivity index (χ3n) is 2.23. The van der Waals surface area contributed by atoms with Gasteiger partial charge in [0.05, 0.1) is 10.9 Å². The van der Waals surface area contributed by atoms with Crippen molar-refractivity contribution >= 4 is 39.4 Å². The van der Waals surface area contributed by atoms with Gasteiger partial charge in [0.15, 0.2) is 0 Å². The molecule has 0 fully saturated rings. The van der Waals surface area contributed by atoms with E-state index in [4.69, 9.17) is 4.74 Å². The minimum atomic E-state index is -0.133. The van der Waals surface area contributed by atoms with Crippen LogP contribution in [0.15, 0.2) is 12.2 Å². The van der Waals surface area contributed by atoms with E-state index in [1.807, 2.05) is 0 Å². The summed E-state index contributed by atoms with van der Waals surface area (Å²) in [4.78, 5) is 10.6. The molecular formula is C11H19Br2NO2. The first-order chi connectivity index (χ1) is 6.94. The Hall–Kier alpha value is 0.130. The first kappa shape index (κ1) is 16.1. The molecule has 0 aliphatic heterocycles. The number of halogens is 2. The van der Waals surface area contributed by atoms with Gasteiger partial charge in [-0.3, -0.25) is 4.79 Å². The van der Waals surface area contributed by atoms with E-state index in [0.717, 1.165) is 6.42 Å². The summed E-state index contributed by atoms with van der Waals surface area (Å²) in [7, 11) is 0. The number of allylic oxidation sites excluding steroid dienone is 1. The second kappa shape index (κ2) is 6.77. The molecule has 1 rings (SSSR count). The normalized spacial score (nSPS) is 29.4. The Balaban J connectivity index is 0.00000225. The second-order valence-corrected chi connectivity index (χ2v) is 5.97. The molecule has 5 heteroatoms. The number of hydrogen-bond donors (Lipinski definition) is 1. The van der Waals surface area contributed by atoms with Crippen molar-refractivity contribution in [1.29, 1.82) is 0 Å². The molecule has 0 bridgehead atoms. The number of rotatable bonds is 3. The number of carbonyl (C=O) groups excluding carboxylic acids is 1. The zero-order chi connectivity index (χ0) is 11.5. The van der Waals surface area contributed by atoms with Crippen molar-refractivity contribution in [2.24, 2.45) is 0 Å². The Morgan fingerprint density at radius 2 is 2.12 bits per heavy atom. The van der Waals surface area contributed by atoms with Gasteiger partial charge in [-0.25, -0.2) is 0 Å². The van der Waals surface area contributed by atoms with Crippen LogP contribution in [-0.4, -0.2) is 29.0 Å². The lowest BCUT2D eigenvalue weighted by atomic mass is 9.96. The van der Waals surface area contributed by atoms with E-state index in [1.54, 1.807) is 0 Å². The highest BCUT2D eigenvalue weighted by Crippen LogP contribution is 2.23. The van der Waals surface area contributed by atoms with Crippen LogP contribution in [0.25, 0.3) is 0 Å². The van der Waals surface area contributed by atoms with Crippen LogP contribution in [0, 0.1) is 0 Å². The Labute approximate surface area is 116 Å². The molecule has 0 aromatic heterocycles. The van der Waals surface area contributed by atoms with Crippen molar-refractivity contribution in [2.45, 2.75) is 49.7 Å². The summed E-state index contributed by atoms with van der Waals surface area (Å²) in [5.41, 5.74) is 0.00353. The van der Waals surface area contributed by atoms with Crippen molar-refractivity contribution in [2.75, 3.05) is 0 Å². The maximum Gasteiger partial charge on any atom is 0.293 e. The standard InChI is InChI=1S/C11H18BrNO2.BrH/c1-11(2,3)13-9-6-4-5-8(12)10(9)15-7-14;/h4,6-10,13H,5H2,1-3H3;1H/t8-,9-,10+;/m0./s1. The van der Waals surface area contributed by atoms with Gasteiger partial charge in [-0.2, -0.15) is 0 Å². The topological polar surface area (TPSA) is 38.3 Å². The Morgan fingerprint density at radius 1 is 1.50 bits per heavy atom. The molecule has 0 aromatic rings. The van der Waals surface area contributed by atoms with Crippen molar-refractivity contribution in [3.8, 4) is 0 Å². The number of hydrogen-bond acceptors (Lipinski definition) is 3. The molecule has 0 amide bonds. The third-order valence-corrected chi connectivity index (χ3v) is 3.12. The Bertz CT molecular complexity index is 251. The van der Waals surface area contributed by atoms with Crippen LogP contribution in [0.3, 0.4) is 0 Å². The van der Waals surface area contributed by atoms with Crippen LogP contribution in [-0.2, 0) is 9.53 Å². The predicted molar refractivity (Wildman–Crippen MR) is 74.4 cm³/mol. The summed E-state index contributed by atoms with van der Waals surface area (Å²) in [6.45, 7) is 6.80. The maximum atomic E-state index is 10.4. The fourth-order valence-corrected chi connectivity index (χ4v) is 2.36. The van der Waals surface area contributed by atoms with Crippen LogP contribution in [0.2, 0.25) is 0 Å². The minimum absolute atomic E-state index is 0. The van der Waals surface area contributed by atoms with Crippen molar-refractivity contribution in [3.05, 3.63) is 12.2 Å². The van der Waals surface area contributed by atoms with E-state index in [1.165, 1.54) is 0 Å². The van der Waals surface area contributed by atoms with Gasteiger partial charge in [-0.15, -0.1) is 17.0 Å². The lowest BCUT2D eigenvalue weighted by molar-refractivity contribution is -0.134. The molecule has 0 saturated carbocycles. The van der Waals surface area contributed by atoms with E-state index in [9.17, 15) is 4.79 Å². The molecule has 3 atom stereocenters. The fourth-order valence-electron chi connectivity index (χ4n) is 1.69. The smallest absolute Gasteiger partial charge is 0.293 e. The zero-order valence-electron chi connectivity index (χ0n) is 9.77.